The summed E-state index contributed by atoms with van der Waals surface area (Å²) in [6.07, 6.45) is 3.73. The van der Waals surface area contributed by atoms with E-state index in [-0.39, 0.29) is 12.5 Å². The van der Waals surface area contributed by atoms with E-state index < -0.39 is 7.37 Å². The molecule has 0 amide bonds. The molecule has 2 atom stereocenters. The van der Waals surface area contributed by atoms with E-state index in [0.717, 1.165) is 5.56 Å². The Morgan fingerprint density at radius 3 is 2.64 bits per heavy atom. The molecule has 0 radical (unpaired) electrons. The first-order valence-electron chi connectivity index (χ1n) is 11.9. The van der Waals surface area contributed by atoms with Crippen LogP contribution < -0.4 is 10.3 Å². The van der Waals surface area contributed by atoms with Gasteiger partial charge in [0.1, 0.15) is 23.9 Å². The highest BCUT2D eigenvalue weighted by Crippen LogP contribution is 2.48. The van der Waals surface area contributed by atoms with Gasteiger partial charge in [0.25, 0.3) is 7.37 Å². The van der Waals surface area contributed by atoms with Gasteiger partial charge >= 0.3 is 0 Å². The molecule has 2 N–H and O–H groups in total. The highest BCUT2D eigenvalue weighted by molar-refractivity contribution is 7.59. The minimum Gasteiger partial charge on any atom is -0.441 e. The third-order valence-corrected chi connectivity index (χ3v) is 7.84. The molecule has 0 aliphatic rings. The highest BCUT2D eigenvalue weighted by atomic mass is 31.2. The zero-order valence-corrected chi connectivity index (χ0v) is 21.5. The predicted octanol–water partition coefficient (Wildman–Crippen LogP) is 5.04. The summed E-state index contributed by atoms with van der Waals surface area (Å²) >= 11 is 0. The maximum atomic E-state index is 13.8. The third-order valence-electron chi connectivity index (χ3n) is 5.76. The van der Waals surface area contributed by atoms with Crippen molar-refractivity contribution in [2.75, 3.05) is 24.9 Å². The van der Waals surface area contributed by atoms with E-state index in [1.165, 1.54) is 11.9 Å². The number of benzene rings is 2. The number of nitrogen functional groups attached to an aromatic ring is 1. The summed E-state index contributed by atoms with van der Waals surface area (Å²) in [4.78, 5) is 12.5. The number of nitrogens with zero attached hydrogens (tertiary/aromatic N) is 4. The number of ether oxygens (including phenoxy) is 2. The quantitative estimate of drug-likeness (QED) is 0.197. The first kappa shape index (κ1) is 25.8. The first-order chi connectivity index (χ1) is 17.4. The summed E-state index contributed by atoms with van der Waals surface area (Å²) in [6.45, 7) is 5.45. The van der Waals surface area contributed by atoms with Crippen LogP contribution in [-0.4, -0.2) is 44.7 Å². The number of imidazole rings is 1. The van der Waals surface area contributed by atoms with E-state index in [4.69, 9.17) is 19.7 Å². The third kappa shape index (κ3) is 6.91. The number of aromatic nitrogens is 4. The molecule has 2 aromatic carbocycles. The van der Waals surface area contributed by atoms with E-state index in [1.807, 2.05) is 41.8 Å². The minimum atomic E-state index is -3.14. The second-order valence-corrected chi connectivity index (χ2v) is 11.2. The molecule has 4 aromatic rings. The Morgan fingerprint density at radius 2 is 1.83 bits per heavy atom. The van der Waals surface area contributed by atoms with E-state index in [2.05, 4.69) is 34.0 Å². The number of hydrogen-bond donors (Lipinski definition) is 1. The topological polar surface area (TPSA) is 114 Å². The van der Waals surface area contributed by atoms with Crippen LogP contribution in [0.15, 0.2) is 67.3 Å². The van der Waals surface area contributed by atoms with Crippen molar-refractivity contribution >= 4 is 24.4 Å². The van der Waals surface area contributed by atoms with Crippen molar-refractivity contribution in [1.29, 1.82) is 0 Å². The van der Waals surface area contributed by atoms with Crippen molar-refractivity contribution in [3.8, 4) is 5.75 Å². The van der Waals surface area contributed by atoms with E-state index in [1.54, 1.807) is 18.5 Å². The molecule has 0 bridgehead atoms. The van der Waals surface area contributed by atoms with Crippen LogP contribution in [0.4, 0.5) is 5.82 Å². The molecule has 190 valence electrons. The second-order valence-electron chi connectivity index (χ2n) is 8.71. The Hall–Kier alpha value is -3.26. The fourth-order valence-electron chi connectivity index (χ4n) is 3.77. The van der Waals surface area contributed by atoms with Crippen LogP contribution in [0, 0.1) is 6.92 Å². The lowest BCUT2D eigenvalue weighted by Gasteiger charge is -2.22. The fraction of sp³-hybridized carbons (Fsp3) is 0.346. The monoisotopic (exact) mass is 509 g/mol. The van der Waals surface area contributed by atoms with Gasteiger partial charge in [-0.2, -0.15) is 0 Å². The molecule has 0 fully saturated rings. The van der Waals surface area contributed by atoms with Crippen molar-refractivity contribution < 1.29 is 18.6 Å². The number of para-hydroxylation sites is 1. The van der Waals surface area contributed by atoms with Crippen LogP contribution in [-0.2, 0) is 27.2 Å². The normalized spacial score (nSPS) is 13.9. The van der Waals surface area contributed by atoms with Crippen LogP contribution in [0.5, 0.6) is 5.75 Å². The number of rotatable bonds is 13. The molecule has 0 saturated carbocycles. The van der Waals surface area contributed by atoms with Crippen LogP contribution >= 0.6 is 7.37 Å². The Morgan fingerprint density at radius 1 is 1.06 bits per heavy atom. The van der Waals surface area contributed by atoms with Crippen molar-refractivity contribution in [2.24, 2.45) is 0 Å². The number of nitrogens with two attached hydrogens (primary N) is 1. The van der Waals surface area contributed by atoms with Crippen molar-refractivity contribution in [1.82, 2.24) is 19.5 Å². The molecule has 10 heteroatoms. The number of hydrogen-bond acceptors (Lipinski definition) is 8. The Balaban J connectivity index is 1.33. The molecule has 9 nitrogen and oxygen atoms in total. The van der Waals surface area contributed by atoms with Gasteiger partial charge in [-0.25, -0.2) is 15.0 Å². The van der Waals surface area contributed by atoms with Crippen LogP contribution in [0.1, 0.15) is 24.5 Å². The largest absolute Gasteiger partial charge is 0.441 e. The average molecular weight is 510 g/mol. The van der Waals surface area contributed by atoms with Gasteiger partial charge < -0.3 is 24.3 Å². The Labute approximate surface area is 211 Å². The number of fused-ring (bicyclic) bond motifs is 1. The molecular formula is C26H32N5O4P. The van der Waals surface area contributed by atoms with Gasteiger partial charge in [-0.05, 0) is 43.5 Å². The zero-order valence-electron chi connectivity index (χ0n) is 20.6. The molecular weight excluding hydrogens is 477 g/mol. The lowest BCUT2D eigenvalue weighted by Crippen LogP contribution is -2.19. The summed E-state index contributed by atoms with van der Waals surface area (Å²) in [6, 6.07) is 17.3. The standard InChI is InChI=1S/C26H32N5O4P/c1-20-9-6-7-10-22(20)16-33-13-8-14-36(32,35-23-11-4-3-5-12-23)19-34-21(2)15-31-18-30-24-25(27)28-17-29-26(24)31/h3-7,9-12,17-18,21H,8,13-16,19H2,1-2H3,(H2,27,28,29)/t21-,36?/m1/s1. The zero-order chi connectivity index (χ0) is 25.4. The Kier molecular flexibility index (Phi) is 8.70. The van der Waals surface area contributed by atoms with Gasteiger partial charge in [-0.3, -0.25) is 4.57 Å². The van der Waals surface area contributed by atoms with Gasteiger partial charge in [0, 0.05) is 12.8 Å². The van der Waals surface area contributed by atoms with Gasteiger partial charge in [-0.1, -0.05) is 42.5 Å². The lowest BCUT2D eigenvalue weighted by atomic mass is 10.1. The maximum Gasteiger partial charge on any atom is 0.272 e. The fourth-order valence-corrected chi connectivity index (χ4v) is 5.65. The van der Waals surface area contributed by atoms with Gasteiger partial charge in [-0.15, -0.1) is 0 Å². The highest BCUT2D eigenvalue weighted by Gasteiger charge is 2.26. The van der Waals surface area contributed by atoms with Gasteiger partial charge in [0.05, 0.1) is 25.6 Å². The summed E-state index contributed by atoms with van der Waals surface area (Å²) in [7, 11) is -3.14. The molecule has 2 aromatic heterocycles. The van der Waals surface area contributed by atoms with Crippen LogP contribution in [0.25, 0.3) is 11.2 Å². The molecule has 0 aliphatic heterocycles. The summed E-state index contributed by atoms with van der Waals surface area (Å²) in [5, 5.41) is 0. The van der Waals surface area contributed by atoms with Crippen molar-refractivity contribution in [3.05, 3.63) is 78.4 Å². The summed E-state index contributed by atoms with van der Waals surface area (Å²) < 4.78 is 33.5. The van der Waals surface area contributed by atoms with Crippen LogP contribution in [0.3, 0.4) is 0 Å². The van der Waals surface area contributed by atoms with E-state index in [9.17, 15) is 4.57 Å². The van der Waals surface area contributed by atoms with E-state index >= 15 is 0 Å². The van der Waals surface area contributed by atoms with Gasteiger partial charge in [0.2, 0.25) is 0 Å². The Bertz CT molecular complexity index is 1310. The number of anilines is 1. The van der Waals surface area contributed by atoms with Crippen molar-refractivity contribution in [2.45, 2.75) is 39.5 Å². The second kappa shape index (κ2) is 12.1. The predicted molar refractivity (Wildman–Crippen MR) is 140 cm³/mol. The molecule has 4 rings (SSSR count). The molecule has 0 spiro atoms. The molecule has 2 heterocycles. The SMILES string of the molecule is Cc1ccccc1COCCCP(=O)(CO[C@H](C)Cn1cnc2c(N)ncnc21)Oc1ccccc1. The molecule has 36 heavy (non-hydrogen) atoms. The minimum absolute atomic E-state index is 0.00932. The molecule has 0 saturated heterocycles. The van der Waals surface area contributed by atoms with Crippen LogP contribution in [0.2, 0.25) is 0 Å². The maximum absolute atomic E-state index is 13.8. The average Bonchev–Trinajstić information content (AvgIpc) is 3.28. The van der Waals surface area contributed by atoms with E-state index in [0.29, 0.717) is 55.1 Å². The smallest absolute Gasteiger partial charge is 0.272 e. The molecule has 1 unspecified atom stereocenters. The lowest BCUT2D eigenvalue weighted by molar-refractivity contribution is 0.0824. The van der Waals surface area contributed by atoms with Gasteiger partial charge in [0.15, 0.2) is 11.5 Å². The first-order valence-corrected chi connectivity index (χ1v) is 13.9. The summed E-state index contributed by atoms with van der Waals surface area (Å²) in [5.74, 6) is 0.892. The molecule has 0 aliphatic carbocycles. The van der Waals surface area contributed by atoms with Crippen molar-refractivity contribution in [3.63, 3.8) is 0 Å². The summed E-state index contributed by atoms with van der Waals surface area (Å²) in [5.41, 5.74) is 9.40. The number of aryl methyl sites for hydroxylation is 1.